The molecule has 186 valence electrons. The van der Waals surface area contributed by atoms with Gasteiger partial charge in [0, 0.05) is 48.7 Å². The van der Waals surface area contributed by atoms with Crippen LogP contribution < -0.4 is 10.6 Å². The molecule has 4 aromatic rings. The molecule has 2 N–H and O–H groups in total. The van der Waals surface area contributed by atoms with Crippen LogP contribution in [-0.2, 0) is 9.84 Å². The van der Waals surface area contributed by atoms with E-state index in [2.05, 4.69) is 9.97 Å². The Morgan fingerprint density at radius 3 is 2.22 bits per heavy atom. The standard InChI is InChI=1S/C23H21Cl2N7O3S/c1-36(34,35)23-28-20(30-10-12-31(13-11-30)22(26)33)18-21(29-23)32(15-8-6-14(24)7-9-15)19(27-18)16-4-2-3-5-17(16)25/h2-9H,10-13H2,1H3,(H2,26,33). The smallest absolute Gasteiger partial charge is 0.314 e. The fourth-order valence-corrected chi connectivity index (χ4v) is 4.96. The summed E-state index contributed by atoms with van der Waals surface area (Å²) in [6.45, 7) is 1.52. The molecule has 1 aliphatic rings. The second-order valence-electron chi connectivity index (χ2n) is 8.31. The van der Waals surface area contributed by atoms with E-state index in [9.17, 15) is 13.2 Å². The van der Waals surface area contributed by atoms with Crippen LogP contribution in [0.25, 0.3) is 28.2 Å². The molecule has 1 fully saturated rings. The number of fused-ring (bicyclic) bond motifs is 1. The lowest BCUT2D eigenvalue weighted by atomic mass is 10.2. The van der Waals surface area contributed by atoms with E-state index in [1.165, 1.54) is 4.90 Å². The van der Waals surface area contributed by atoms with Crippen LogP contribution in [0, 0.1) is 0 Å². The van der Waals surface area contributed by atoms with E-state index in [-0.39, 0.29) is 5.16 Å². The number of benzene rings is 2. The summed E-state index contributed by atoms with van der Waals surface area (Å²) in [5.74, 6) is 0.820. The molecule has 0 unspecified atom stereocenters. The summed E-state index contributed by atoms with van der Waals surface area (Å²) in [7, 11) is -3.77. The first-order valence-corrected chi connectivity index (χ1v) is 13.6. The number of halogens is 2. The Morgan fingerprint density at radius 2 is 1.61 bits per heavy atom. The minimum absolute atomic E-state index is 0.301. The van der Waals surface area contributed by atoms with E-state index < -0.39 is 15.9 Å². The monoisotopic (exact) mass is 545 g/mol. The highest BCUT2D eigenvalue weighted by atomic mass is 35.5. The number of amides is 2. The Bertz CT molecular complexity index is 1580. The number of nitrogens with two attached hydrogens (primary N) is 1. The van der Waals surface area contributed by atoms with Gasteiger partial charge in [-0.05, 0) is 36.4 Å². The maximum atomic E-state index is 12.6. The number of carbonyl (C=O) groups is 1. The molecule has 13 heteroatoms. The first-order chi connectivity index (χ1) is 17.1. The fourth-order valence-electron chi connectivity index (χ4n) is 4.11. The number of nitrogens with zero attached hydrogens (tertiary/aromatic N) is 6. The van der Waals surface area contributed by atoms with Gasteiger partial charge < -0.3 is 15.5 Å². The second-order valence-corrected chi connectivity index (χ2v) is 11.1. The van der Waals surface area contributed by atoms with Crippen molar-refractivity contribution in [3.05, 3.63) is 58.6 Å². The SMILES string of the molecule is CS(=O)(=O)c1nc(N2CCN(C(N)=O)CC2)c2nc(-c3ccccc3Cl)n(-c3ccc(Cl)cc3)c2n1. The number of urea groups is 1. The van der Waals surface area contributed by atoms with Gasteiger partial charge >= 0.3 is 6.03 Å². The van der Waals surface area contributed by atoms with Gasteiger partial charge in [0.05, 0.1) is 5.02 Å². The molecule has 2 amide bonds. The average molecular weight is 546 g/mol. The Morgan fingerprint density at radius 1 is 0.944 bits per heavy atom. The van der Waals surface area contributed by atoms with Crippen LogP contribution in [-0.4, -0.2) is 71.3 Å². The van der Waals surface area contributed by atoms with Crippen molar-refractivity contribution in [3.63, 3.8) is 0 Å². The number of hydrogen-bond acceptors (Lipinski definition) is 7. The van der Waals surface area contributed by atoms with Crippen LogP contribution in [0.5, 0.6) is 0 Å². The molecule has 0 spiro atoms. The molecule has 0 aliphatic carbocycles. The third-order valence-corrected chi connectivity index (χ3v) is 7.32. The zero-order valence-electron chi connectivity index (χ0n) is 19.1. The number of aromatic nitrogens is 4. The summed E-state index contributed by atoms with van der Waals surface area (Å²) in [6.07, 6.45) is 1.06. The van der Waals surface area contributed by atoms with Gasteiger partial charge in [-0.3, -0.25) is 4.57 Å². The highest BCUT2D eigenvalue weighted by molar-refractivity contribution is 7.90. The summed E-state index contributed by atoms with van der Waals surface area (Å²) in [4.78, 5) is 28.7. The zero-order valence-corrected chi connectivity index (χ0v) is 21.4. The summed E-state index contributed by atoms with van der Waals surface area (Å²) in [5.41, 5.74) is 7.43. The predicted molar refractivity (Wildman–Crippen MR) is 139 cm³/mol. The van der Waals surface area contributed by atoms with Crippen LogP contribution in [0.3, 0.4) is 0 Å². The number of sulfone groups is 1. The minimum Gasteiger partial charge on any atom is -0.351 e. The lowest BCUT2D eigenvalue weighted by molar-refractivity contribution is 0.204. The first kappa shape index (κ1) is 24.3. The van der Waals surface area contributed by atoms with Gasteiger partial charge in [-0.1, -0.05) is 35.3 Å². The first-order valence-electron chi connectivity index (χ1n) is 10.9. The number of piperazine rings is 1. The van der Waals surface area contributed by atoms with Crippen LogP contribution >= 0.6 is 23.2 Å². The molecular weight excluding hydrogens is 525 g/mol. The predicted octanol–water partition coefficient (Wildman–Crippen LogP) is 3.39. The number of imidazole rings is 1. The van der Waals surface area contributed by atoms with Crippen molar-refractivity contribution in [3.8, 4) is 17.1 Å². The van der Waals surface area contributed by atoms with E-state index in [1.54, 1.807) is 34.9 Å². The molecule has 5 rings (SSSR count). The molecular formula is C23H21Cl2N7O3S. The van der Waals surface area contributed by atoms with E-state index in [1.807, 2.05) is 23.1 Å². The quantitative estimate of drug-likeness (QED) is 0.389. The highest BCUT2D eigenvalue weighted by Crippen LogP contribution is 2.35. The van der Waals surface area contributed by atoms with Crippen molar-refractivity contribution in [2.75, 3.05) is 37.3 Å². The number of hydrogen-bond donors (Lipinski definition) is 1. The van der Waals surface area contributed by atoms with Crippen molar-refractivity contribution in [2.24, 2.45) is 5.73 Å². The Labute approximate surface area is 217 Å². The van der Waals surface area contributed by atoms with Crippen molar-refractivity contribution in [1.29, 1.82) is 0 Å². The van der Waals surface area contributed by atoms with Crippen LogP contribution in [0.2, 0.25) is 10.0 Å². The Balaban J connectivity index is 1.80. The largest absolute Gasteiger partial charge is 0.351 e. The average Bonchev–Trinajstić information content (AvgIpc) is 3.23. The molecule has 0 bridgehead atoms. The lowest BCUT2D eigenvalue weighted by Gasteiger charge is -2.34. The van der Waals surface area contributed by atoms with Crippen LogP contribution in [0.4, 0.5) is 10.6 Å². The molecule has 0 radical (unpaired) electrons. The molecule has 36 heavy (non-hydrogen) atoms. The lowest BCUT2D eigenvalue weighted by Crippen LogP contribution is -2.50. The van der Waals surface area contributed by atoms with Crippen molar-refractivity contribution >= 4 is 56.1 Å². The third-order valence-electron chi connectivity index (χ3n) is 5.89. The van der Waals surface area contributed by atoms with E-state index in [0.29, 0.717) is 70.3 Å². The van der Waals surface area contributed by atoms with Gasteiger partial charge in [0.2, 0.25) is 9.84 Å². The molecule has 0 atom stereocenters. The van der Waals surface area contributed by atoms with E-state index in [4.69, 9.17) is 33.9 Å². The van der Waals surface area contributed by atoms with Crippen molar-refractivity contribution in [1.82, 2.24) is 24.4 Å². The number of primary amides is 1. The Kier molecular flexibility index (Phi) is 6.23. The summed E-state index contributed by atoms with van der Waals surface area (Å²) in [5, 5.41) is 0.681. The number of carbonyl (C=O) groups excluding carboxylic acids is 1. The zero-order chi connectivity index (χ0) is 25.6. The normalized spacial score (nSPS) is 14.4. The highest BCUT2D eigenvalue weighted by Gasteiger charge is 2.28. The third kappa shape index (κ3) is 4.45. The van der Waals surface area contributed by atoms with Gasteiger partial charge in [0.25, 0.3) is 5.16 Å². The van der Waals surface area contributed by atoms with Crippen LogP contribution in [0.1, 0.15) is 0 Å². The van der Waals surface area contributed by atoms with Crippen molar-refractivity contribution in [2.45, 2.75) is 5.16 Å². The Hall–Kier alpha value is -3.41. The summed E-state index contributed by atoms with van der Waals surface area (Å²) >= 11 is 12.7. The maximum absolute atomic E-state index is 12.6. The molecule has 10 nitrogen and oxygen atoms in total. The maximum Gasteiger partial charge on any atom is 0.314 e. The van der Waals surface area contributed by atoms with E-state index in [0.717, 1.165) is 6.26 Å². The van der Waals surface area contributed by atoms with Gasteiger partial charge in [0.1, 0.15) is 5.82 Å². The minimum atomic E-state index is -3.77. The molecule has 2 aromatic carbocycles. The van der Waals surface area contributed by atoms with Crippen molar-refractivity contribution < 1.29 is 13.2 Å². The van der Waals surface area contributed by atoms with Gasteiger partial charge in [0.15, 0.2) is 17.0 Å². The molecule has 1 saturated heterocycles. The molecule has 0 saturated carbocycles. The van der Waals surface area contributed by atoms with Crippen LogP contribution in [0.15, 0.2) is 53.7 Å². The second kappa shape index (κ2) is 9.23. The molecule has 2 aromatic heterocycles. The molecule has 3 heterocycles. The fraction of sp³-hybridized carbons (Fsp3) is 0.217. The summed E-state index contributed by atoms with van der Waals surface area (Å²) < 4.78 is 26.9. The van der Waals surface area contributed by atoms with Gasteiger partial charge in [-0.25, -0.2) is 18.2 Å². The molecule has 1 aliphatic heterocycles. The topological polar surface area (TPSA) is 127 Å². The van der Waals surface area contributed by atoms with Gasteiger partial charge in [-0.2, -0.15) is 9.97 Å². The summed E-state index contributed by atoms with van der Waals surface area (Å²) in [6, 6.07) is 13.7. The number of anilines is 1. The number of rotatable bonds is 4. The van der Waals surface area contributed by atoms with E-state index >= 15 is 0 Å². The van der Waals surface area contributed by atoms with Gasteiger partial charge in [-0.15, -0.1) is 0 Å².